The lowest BCUT2D eigenvalue weighted by Crippen LogP contribution is -2.19. The molecular weight excluding hydrogens is 426 g/mol. The first kappa shape index (κ1) is 22.4. The number of hydrogen-bond donors (Lipinski definition) is 1. The Hall–Kier alpha value is -3.35. The molecule has 2 aromatic heterocycles. The predicted octanol–water partition coefficient (Wildman–Crippen LogP) is 5.69. The molecule has 34 heavy (non-hydrogen) atoms. The van der Waals surface area contributed by atoms with Crippen LogP contribution in [0.5, 0.6) is 5.75 Å². The molecule has 0 saturated carbocycles. The van der Waals surface area contributed by atoms with Crippen LogP contribution in [0, 0.1) is 0 Å². The van der Waals surface area contributed by atoms with Crippen molar-refractivity contribution in [2.45, 2.75) is 18.9 Å². The van der Waals surface area contributed by atoms with Crippen LogP contribution < -0.4 is 10.1 Å². The van der Waals surface area contributed by atoms with Gasteiger partial charge in [0.25, 0.3) is 0 Å². The van der Waals surface area contributed by atoms with E-state index in [1.807, 2.05) is 38.4 Å². The molecule has 0 radical (unpaired) electrons. The number of fused-ring (bicyclic) bond motifs is 1. The van der Waals surface area contributed by atoms with E-state index in [-0.39, 0.29) is 6.10 Å². The van der Waals surface area contributed by atoms with Crippen molar-refractivity contribution in [1.82, 2.24) is 9.88 Å². The van der Waals surface area contributed by atoms with Gasteiger partial charge in [0.2, 0.25) is 5.71 Å². The fourth-order valence-corrected chi connectivity index (χ4v) is 4.33. The smallest absolute Gasteiger partial charge is 0.229 e. The van der Waals surface area contributed by atoms with Gasteiger partial charge in [-0.05, 0) is 62.8 Å². The lowest BCUT2D eigenvalue weighted by Gasteiger charge is -2.13. The maximum absolute atomic E-state index is 6.37. The van der Waals surface area contributed by atoms with E-state index in [1.54, 1.807) is 6.20 Å². The Balaban J connectivity index is 1.52. The second-order valence-corrected chi connectivity index (χ2v) is 8.90. The van der Waals surface area contributed by atoms with E-state index in [9.17, 15) is 0 Å². The van der Waals surface area contributed by atoms with E-state index in [4.69, 9.17) is 13.9 Å². The van der Waals surface area contributed by atoms with Gasteiger partial charge in [0.1, 0.15) is 18.1 Å². The minimum atomic E-state index is 0.245. The molecule has 0 amide bonds. The number of anilines is 1. The maximum Gasteiger partial charge on any atom is 0.229 e. The van der Waals surface area contributed by atoms with Crippen molar-refractivity contribution >= 4 is 16.8 Å². The number of aromatic nitrogens is 1. The first-order valence-corrected chi connectivity index (χ1v) is 11.9. The highest BCUT2D eigenvalue weighted by atomic mass is 16.5. The summed E-state index contributed by atoms with van der Waals surface area (Å²) in [7, 11) is 4.08. The molecular formula is C28H31N3O3. The molecule has 3 heterocycles. The highest BCUT2D eigenvalue weighted by Crippen LogP contribution is 2.43. The van der Waals surface area contributed by atoms with Crippen molar-refractivity contribution < 1.29 is 13.9 Å². The molecule has 176 valence electrons. The summed E-state index contributed by atoms with van der Waals surface area (Å²) in [4.78, 5) is 6.66. The Bertz CT molecular complexity index is 1210. The fourth-order valence-electron chi connectivity index (χ4n) is 4.33. The molecule has 1 aliphatic rings. The number of ether oxygens (including phenoxy) is 2. The van der Waals surface area contributed by atoms with Crippen molar-refractivity contribution in [3.05, 3.63) is 66.9 Å². The Kier molecular flexibility index (Phi) is 6.79. The van der Waals surface area contributed by atoms with Gasteiger partial charge in [0, 0.05) is 42.7 Å². The van der Waals surface area contributed by atoms with Crippen molar-refractivity contribution in [2.75, 3.05) is 45.7 Å². The van der Waals surface area contributed by atoms with Crippen LogP contribution in [0.25, 0.3) is 33.6 Å². The van der Waals surface area contributed by atoms with Crippen LogP contribution in [-0.4, -0.2) is 56.4 Å². The third kappa shape index (κ3) is 4.93. The average molecular weight is 458 g/mol. The van der Waals surface area contributed by atoms with Gasteiger partial charge in [-0.1, -0.05) is 30.3 Å². The van der Waals surface area contributed by atoms with Gasteiger partial charge >= 0.3 is 0 Å². The number of likely N-dealkylation sites (N-methyl/N-ethyl adjacent to an activating group) is 1. The normalized spacial score (nSPS) is 15.8. The van der Waals surface area contributed by atoms with Crippen molar-refractivity contribution in [3.8, 4) is 28.2 Å². The highest BCUT2D eigenvalue weighted by molar-refractivity contribution is 6.06. The summed E-state index contributed by atoms with van der Waals surface area (Å²) in [5, 5.41) is 4.59. The van der Waals surface area contributed by atoms with E-state index >= 15 is 0 Å². The topological polar surface area (TPSA) is 59.8 Å². The lowest BCUT2D eigenvalue weighted by atomic mass is 9.98. The van der Waals surface area contributed by atoms with Crippen LogP contribution in [0.15, 0.2) is 71.3 Å². The average Bonchev–Trinajstić information content (AvgIpc) is 3.52. The Labute approximate surface area is 200 Å². The van der Waals surface area contributed by atoms with Crippen molar-refractivity contribution in [1.29, 1.82) is 0 Å². The van der Waals surface area contributed by atoms with E-state index < -0.39 is 0 Å². The van der Waals surface area contributed by atoms with Crippen LogP contribution in [0.2, 0.25) is 0 Å². The number of hydrogen-bond acceptors (Lipinski definition) is 6. The lowest BCUT2D eigenvalue weighted by molar-refractivity contribution is 0.120. The molecule has 0 unspecified atom stereocenters. The van der Waals surface area contributed by atoms with Gasteiger partial charge in [-0.15, -0.1) is 0 Å². The first-order valence-electron chi connectivity index (χ1n) is 11.9. The molecule has 1 atom stereocenters. The molecule has 0 bridgehead atoms. The van der Waals surface area contributed by atoms with Gasteiger partial charge in [-0.3, -0.25) is 0 Å². The summed E-state index contributed by atoms with van der Waals surface area (Å²) in [5.74, 6) is 1.65. The molecule has 5 rings (SSSR count). The molecule has 2 aromatic carbocycles. The fraction of sp³-hybridized carbons (Fsp3) is 0.321. The van der Waals surface area contributed by atoms with Gasteiger partial charge in [0.15, 0.2) is 0 Å². The molecule has 0 aliphatic carbocycles. The third-order valence-corrected chi connectivity index (χ3v) is 6.12. The maximum atomic E-state index is 6.37. The van der Waals surface area contributed by atoms with Crippen molar-refractivity contribution in [3.63, 3.8) is 0 Å². The second-order valence-electron chi connectivity index (χ2n) is 8.90. The Morgan fingerprint density at radius 1 is 1.03 bits per heavy atom. The molecule has 1 saturated heterocycles. The monoisotopic (exact) mass is 457 g/mol. The zero-order valence-corrected chi connectivity index (χ0v) is 19.8. The minimum Gasteiger partial charge on any atom is -0.492 e. The van der Waals surface area contributed by atoms with Gasteiger partial charge < -0.3 is 24.1 Å². The molecule has 1 fully saturated rings. The van der Waals surface area contributed by atoms with E-state index in [2.05, 4.69) is 51.6 Å². The standard InChI is InChI=1S/C28H31N3O3/c1-31(2)16-18-33-22-12-10-21(11-13-22)27-25(20-7-4-3-5-8-20)26-24(14-15-29-28(26)34-27)30-19-23-9-6-17-32-23/h3-5,7-8,10-15,23H,6,9,16-19H2,1-2H3,(H,29,30)/t23-/m0/s1. The zero-order chi connectivity index (χ0) is 23.3. The summed E-state index contributed by atoms with van der Waals surface area (Å²) >= 11 is 0. The van der Waals surface area contributed by atoms with E-state index in [0.29, 0.717) is 12.3 Å². The van der Waals surface area contributed by atoms with Gasteiger partial charge in [-0.25, -0.2) is 4.98 Å². The molecule has 6 nitrogen and oxygen atoms in total. The Morgan fingerprint density at radius 2 is 1.85 bits per heavy atom. The number of benzene rings is 2. The van der Waals surface area contributed by atoms with E-state index in [1.165, 1.54) is 0 Å². The summed E-state index contributed by atoms with van der Waals surface area (Å²) < 4.78 is 18.1. The van der Waals surface area contributed by atoms with Crippen LogP contribution in [-0.2, 0) is 4.74 Å². The second kappa shape index (κ2) is 10.3. The predicted molar refractivity (Wildman–Crippen MR) is 136 cm³/mol. The highest BCUT2D eigenvalue weighted by Gasteiger charge is 2.22. The summed E-state index contributed by atoms with van der Waals surface area (Å²) in [5.41, 5.74) is 4.76. The molecule has 4 aromatic rings. The molecule has 0 spiro atoms. The SMILES string of the molecule is CN(C)CCOc1ccc(-c2oc3nccc(NC[C@@H]4CCCO4)c3c2-c2ccccc2)cc1. The first-order chi connectivity index (χ1) is 16.7. The number of nitrogens with one attached hydrogen (secondary N) is 1. The number of pyridine rings is 1. The van der Waals surface area contributed by atoms with Crippen LogP contribution in [0.4, 0.5) is 5.69 Å². The zero-order valence-electron chi connectivity index (χ0n) is 19.8. The summed E-state index contributed by atoms with van der Waals surface area (Å²) in [6, 6.07) is 20.5. The summed E-state index contributed by atoms with van der Waals surface area (Å²) in [6.45, 7) is 3.14. The third-order valence-electron chi connectivity index (χ3n) is 6.12. The minimum absolute atomic E-state index is 0.245. The number of rotatable bonds is 9. The van der Waals surface area contributed by atoms with Crippen molar-refractivity contribution in [2.24, 2.45) is 0 Å². The van der Waals surface area contributed by atoms with Gasteiger partial charge in [0.05, 0.1) is 11.5 Å². The number of furan rings is 1. The van der Waals surface area contributed by atoms with Crippen LogP contribution >= 0.6 is 0 Å². The van der Waals surface area contributed by atoms with Crippen LogP contribution in [0.3, 0.4) is 0 Å². The van der Waals surface area contributed by atoms with Gasteiger partial charge in [-0.2, -0.15) is 0 Å². The number of nitrogens with zero attached hydrogens (tertiary/aromatic N) is 2. The molecule has 6 heteroatoms. The largest absolute Gasteiger partial charge is 0.492 e. The van der Waals surface area contributed by atoms with Crippen LogP contribution in [0.1, 0.15) is 12.8 Å². The Morgan fingerprint density at radius 3 is 2.59 bits per heavy atom. The summed E-state index contributed by atoms with van der Waals surface area (Å²) in [6.07, 6.45) is 4.25. The molecule has 1 N–H and O–H groups in total. The molecule has 1 aliphatic heterocycles. The van der Waals surface area contributed by atoms with E-state index in [0.717, 1.165) is 71.8 Å². The quantitative estimate of drug-likeness (QED) is 0.348.